The third-order valence-corrected chi connectivity index (χ3v) is 4.66. The molecule has 4 rings (SSSR count). The normalized spacial score (nSPS) is 10.7. The van der Waals surface area contributed by atoms with Crippen molar-refractivity contribution in [1.82, 2.24) is 14.5 Å². The fourth-order valence-corrected chi connectivity index (χ4v) is 3.36. The maximum Gasteiger partial charge on any atom is 0.154 e. The van der Waals surface area contributed by atoms with E-state index < -0.39 is 0 Å². The SMILES string of the molecule is Cc1c(C#N)c2ncnc(NCCc3ccccc3)c2n1-c1ccccc1. The van der Waals surface area contributed by atoms with Crippen LogP contribution in [0.25, 0.3) is 16.7 Å². The standard InChI is InChI=1S/C22H19N5/c1-16-19(14-23)20-21(27(16)18-10-6-3-7-11-18)22(26-15-25-20)24-13-12-17-8-4-2-5-9-17/h2-11,15H,12-13H2,1H3,(H,24,25,26). The van der Waals surface area contributed by atoms with Gasteiger partial charge in [0, 0.05) is 17.9 Å². The van der Waals surface area contributed by atoms with Gasteiger partial charge in [-0.1, -0.05) is 48.5 Å². The lowest BCUT2D eigenvalue weighted by Gasteiger charge is -2.12. The molecule has 1 N–H and O–H groups in total. The topological polar surface area (TPSA) is 66.5 Å². The van der Waals surface area contributed by atoms with E-state index in [0.717, 1.165) is 35.7 Å². The molecule has 0 saturated heterocycles. The van der Waals surface area contributed by atoms with E-state index in [1.807, 2.05) is 55.5 Å². The first-order chi connectivity index (χ1) is 13.3. The number of anilines is 1. The van der Waals surface area contributed by atoms with Gasteiger partial charge in [0.2, 0.25) is 0 Å². The van der Waals surface area contributed by atoms with E-state index in [-0.39, 0.29) is 0 Å². The Balaban J connectivity index is 1.76. The number of benzene rings is 2. The number of hydrogen-bond acceptors (Lipinski definition) is 4. The summed E-state index contributed by atoms with van der Waals surface area (Å²) in [6.07, 6.45) is 2.41. The molecule has 0 radical (unpaired) electrons. The second-order valence-corrected chi connectivity index (χ2v) is 6.33. The summed E-state index contributed by atoms with van der Waals surface area (Å²) in [4.78, 5) is 8.85. The number of nitrogens with one attached hydrogen (secondary N) is 1. The number of nitrogens with zero attached hydrogens (tertiary/aromatic N) is 4. The summed E-state index contributed by atoms with van der Waals surface area (Å²) < 4.78 is 2.05. The first-order valence-corrected chi connectivity index (χ1v) is 8.89. The van der Waals surface area contributed by atoms with Gasteiger partial charge in [-0.3, -0.25) is 0 Å². The van der Waals surface area contributed by atoms with Crippen LogP contribution in [-0.4, -0.2) is 21.1 Å². The molecule has 5 nitrogen and oxygen atoms in total. The molecule has 0 unspecified atom stereocenters. The minimum absolute atomic E-state index is 0.586. The van der Waals surface area contributed by atoms with Gasteiger partial charge < -0.3 is 9.88 Å². The second-order valence-electron chi connectivity index (χ2n) is 6.33. The molecule has 2 aromatic heterocycles. The highest BCUT2D eigenvalue weighted by Crippen LogP contribution is 2.31. The summed E-state index contributed by atoms with van der Waals surface area (Å²) in [5, 5.41) is 13.1. The average Bonchev–Trinajstić information content (AvgIpc) is 3.01. The Morgan fingerprint density at radius 1 is 1.00 bits per heavy atom. The maximum absolute atomic E-state index is 9.65. The summed E-state index contributed by atoms with van der Waals surface area (Å²) in [6.45, 7) is 2.69. The van der Waals surface area contributed by atoms with Crippen LogP contribution in [0.4, 0.5) is 5.82 Å². The first kappa shape index (κ1) is 16.8. The lowest BCUT2D eigenvalue weighted by Crippen LogP contribution is -2.08. The van der Waals surface area contributed by atoms with Crippen molar-refractivity contribution in [3.05, 3.63) is 83.8 Å². The van der Waals surface area contributed by atoms with Crippen molar-refractivity contribution >= 4 is 16.9 Å². The fraction of sp³-hybridized carbons (Fsp3) is 0.136. The Morgan fingerprint density at radius 3 is 2.41 bits per heavy atom. The van der Waals surface area contributed by atoms with Gasteiger partial charge in [-0.2, -0.15) is 5.26 Å². The molecule has 2 aromatic carbocycles. The third-order valence-electron chi connectivity index (χ3n) is 4.66. The van der Waals surface area contributed by atoms with Crippen molar-refractivity contribution in [2.24, 2.45) is 0 Å². The lowest BCUT2D eigenvalue weighted by atomic mass is 10.1. The van der Waals surface area contributed by atoms with E-state index in [9.17, 15) is 5.26 Å². The summed E-state index contributed by atoms with van der Waals surface area (Å²) in [5.41, 5.74) is 5.22. The van der Waals surface area contributed by atoms with E-state index in [1.165, 1.54) is 11.9 Å². The Morgan fingerprint density at radius 2 is 1.70 bits per heavy atom. The number of hydrogen-bond donors (Lipinski definition) is 1. The minimum Gasteiger partial charge on any atom is -0.368 e. The molecule has 0 bridgehead atoms. The molecular weight excluding hydrogens is 334 g/mol. The average molecular weight is 353 g/mol. The van der Waals surface area contributed by atoms with Gasteiger partial charge in [0.1, 0.15) is 23.4 Å². The molecule has 27 heavy (non-hydrogen) atoms. The molecule has 0 spiro atoms. The zero-order chi connectivity index (χ0) is 18.6. The Bertz CT molecular complexity index is 1110. The van der Waals surface area contributed by atoms with Crippen LogP contribution in [0.1, 0.15) is 16.8 Å². The van der Waals surface area contributed by atoms with Gasteiger partial charge in [-0.05, 0) is 31.0 Å². The zero-order valence-corrected chi connectivity index (χ0v) is 15.1. The largest absolute Gasteiger partial charge is 0.368 e. The van der Waals surface area contributed by atoms with Crippen LogP contribution in [0.5, 0.6) is 0 Å². The molecule has 0 aliphatic carbocycles. The third kappa shape index (κ3) is 3.13. The second kappa shape index (κ2) is 7.30. The zero-order valence-electron chi connectivity index (χ0n) is 15.1. The van der Waals surface area contributed by atoms with E-state index in [1.54, 1.807) is 0 Å². The van der Waals surface area contributed by atoms with Crippen molar-refractivity contribution in [3.8, 4) is 11.8 Å². The molecule has 2 heterocycles. The van der Waals surface area contributed by atoms with Gasteiger partial charge in [0.25, 0.3) is 0 Å². The van der Waals surface area contributed by atoms with Gasteiger partial charge in [0.05, 0.1) is 5.56 Å². The van der Waals surface area contributed by atoms with Crippen molar-refractivity contribution in [2.45, 2.75) is 13.3 Å². The summed E-state index contributed by atoms with van der Waals surface area (Å²) >= 11 is 0. The first-order valence-electron chi connectivity index (χ1n) is 8.89. The number of nitriles is 1. The predicted molar refractivity (Wildman–Crippen MR) is 107 cm³/mol. The summed E-state index contributed by atoms with van der Waals surface area (Å²) in [7, 11) is 0. The number of aromatic nitrogens is 3. The van der Waals surface area contributed by atoms with Crippen molar-refractivity contribution in [2.75, 3.05) is 11.9 Å². The van der Waals surface area contributed by atoms with Gasteiger partial charge in [-0.25, -0.2) is 9.97 Å². The summed E-state index contributed by atoms with van der Waals surface area (Å²) in [5.74, 6) is 0.740. The van der Waals surface area contributed by atoms with E-state index >= 15 is 0 Å². The highest BCUT2D eigenvalue weighted by atomic mass is 15.1. The number of fused-ring (bicyclic) bond motifs is 1. The van der Waals surface area contributed by atoms with E-state index in [0.29, 0.717) is 11.1 Å². The van der Waals surface area contributed by atoms with Crippen LogP contribution < -0.4 is 5.32 Å². The van der Waals surface area contributed by atoms with Crippen molar-refractivity contribution in [3.63, 3.8) is 0 Å². The lowest BCUT2D eigenvalue weighted by molar-refractivity contribution is 0.993. The minimum atomic E-state index is 0.586. The molecule has 0 atom stereocenters. The van der Waals surface area contributed by atoms with E-state index in [2.05, 4.69) is 38.1 Å². The molecule has 132 valence electrons. The van der Waals surface area contributed by atoms with Gasteiger partial charge in [-0.15, -0.1) is 0 Å². The molecule has 0 saturated carbocycles. The maximum atomic E-state index is 9.65. The fourth-order valence-electron chi connectivity index (χ4n) is 3.36. The molecule has 5 heteroatoms. The van der Waals surface area contributed by atoms with Crippen molar-refractivity contribution in [1.29, 1.82) is 5.26 Å². The highest BCUT2D eigenvalue weighted by molar-refractivity contribution is 5.93. The molecule has 4 aromatic rings. The smallest absolute Gasteiger partial charge is 0.154 e. The van der Waals surface area contributed by atoms with Crippen LogP contribution in [0.15, 0.2) is 67.0 Å². The number of para-hydroxylation sites is 1. The van der Waals surface area contributed by atoms with Crippen LogP contribution in [0, 0.1) is 18.3 Å². The van der Waals surface area contributed by atoms with Crippen LogP contribution >= 0.6 is 0 Å². The Kier molecular flexibility index (Phi) is 4.54. The highest BCUT2D eigenvalue weighted by Gasteiger charge is 2.19. The van der Waals surface area contributed by atoms with E-state index in [4.69, 9.17) is 0 Å². The predicted octanol–water partition coefficient (Wildman–Crippen LogP) is 4.26. The van der Waals surface area contributed by atoms with Gasteiger partial charge in [0.15, 0.2) is 5.82 Å². The monoisotopic (exact) mass is 353 g/mol. The number of rotatable bonds is 5. The van der Waals surface area contributed by atoms with Crippen molar-refractivity contribution < 1.29 is 0 Å². The molecule has 0 fully saturated rings. The van der Waals surface area contributed by atoms with Crippen LogP contribution in [0.3, 0.4) is 0 Å². The van der Waals surface area contributed by atoms with Crippen LogP contribution in [-0.2, 0) is 6.42 Å². The summed E-state index contributed by atoms with van der Waals surface area (Å²) in [6, 6.07) is 22.6. The molecule has 0 aliphatic heterocycles. The Hall–Kier alpha value is -3.65. The quantitative estimate of drug-likeness (QED) is 0.582. The molecule has 0 amide bonds. The Labute approximate surface area is 157 Å². The van der Waals surface area contributed by atoms with Gasteiger partial charge >= 0.3 is 0 Å². The molecular formula is C22H19N5. The molecule has 0 aliphatic rings. The van der Waals surface area contributed by atoms with Crippen LogP contribution in [0.2, 0.25) is 0 Å².